The Labute approximate surface area is 190 Å². The maximum atomic E-state index is 12.5. The highest BCUT2D eigenvalue weighted by atomic mass is 35.6. The van der Waals surface area contributed by atoms with Crippen LogP contribution < -0.4 is 0 Å². The quantitative estimate of drug-likeness (QED) is 0.347. The fourth-order valence-corrected chi connectivity index (χ4v) is 3.02. The minimum Gasteiger partial charge on any atom is -0.225 e. The van der Waals surface area contributed by atoms with E-state index in [4.69, 9.17) is 116 Å². The van der Waals surface area contributed by atoms with Gasteiger partial charge in [-0.2, -0.15) is 0 Å². The average molecular weight is 536 g/mol. The summed E-state index contributed by atoms with van der Waals surface area (Å²) in [5.41, 5.74) is -1.37. The number of alkyl halides is 10. The van der Waals surface area contributed by atoms with Crippen molar-refractivity contribution in [3.63, 3.8) is 0 Å². The Hall–Kier alpha value is 2.08. The Kier molecular flexibility index (Phi) is 7.52. The molecule has 0 N–H and O–H groups in total. The van der Waals surface area contributed by atoms with Gasteiger partial charge in [-0.05, 0) is 36.6 Å². The van der Waals surface area contributed by atoms with Crippen molar-refractivity contribution in [1.82, 2.24) is 0 Å². The van der Waals surface area contributed by atoms with Crippen LogP contribution in [0.4, 0.5) is 0 Å². The van der Waals surface area contributed by atoms with Crippen LogP contribution in [-0.4, -0.2) is 7.59 Å². The molecule has 0 aliphatic carbocycles. The number of hydrogen-bond donors (Lipinski definition) is 0. The van der Waals surface area contributed by atoms with Gasteiger partial charge in [0.15, 0.2) is 8.67 Å². The summed E-state index contributed by atoms with van der Waals surface area (Å²) in [6.07, 6.45) is 0. The first kappa shape index (κ1) is 24.1. The van der Waals surface area contributed by atoms with Crippen LogP contribution in [0.15, 0.2) is 18.2 Å². The van der Waals surface area contributed by atoms with E-state index >= 15 is 0 Å². The van der Waals surface area contributed by atoms with E-state index < -0.39 is 21.9 Å². The van der Waals surface area contributed by atoms with E-state index in [0.717, 1.165) is 0 Å². The molecule has 0 saturated heterocycles. The molecule has 0 saturated carbocycles. The molecule has 11 heteroatoms. The molecule has 137 valence electrons. The molecule has 0 atom stereocenters. The van der Waals surface area contributed by atoms with Crippen LogP contribution >= 0.6 is 116 Å². The normalized spacial score (nSPS) is 14.9. The summed E-state index contributed by atoms with van der Waals surface area (Å²) in [5.74, 6) is 0. The number of benzene rings is 1. The second-order valence-corrected chi connectivity index (χ2v) is 12.6. The van der Waals surface area contributed by atoms with Crippen molar-refractivity contribution < 1.29 is 5.11 Å². The van der Waals surface area contributed by atoms with E-state index in [1.807, 2.05) is 0 Å². The molecule has 0 aliphatic heterocycles. The fourth-order valence-electron chi connectivity index (χ4n) is 1.84. The first-order chi connectivity index (χ1) is 10.3. The summed E-state index contributed by atoms with van der Waals surface area (Å²) < 4.78 is -8.34. The molecular weight excluding hydrogens is 527 g/mol. The Bertz CT molecular complexity index is 607. The van der Waals surface area contributed by atoms with E-state index in [2.05, 4.69) is 0 Å². The van der Waals surface area contributed by atoms with Crippen LogP contribution in [0.1, 0.15) is 30.5 Å². The third-order valence-electron chi connectivity index (χ3n) is 3.08. The summed E-state index contributed by atoms with van der Waals surface area (Å²) in [4.78, 5) is 0. The largest absolute Gasteiger partial charge is 0.227 e. The highest BCUT2D eigenvalue weighted by Crippen LogP contribution is 2.57. The SMILES string of the molecule is CC(C)([O])c1ccc(C(Cl)(Cl)C(Cl)(Cl)Cl)cc1C(Cl)(Cl)C(Cl)(Cl)Cl. The first-order valence-electron chi connectivity index (χ1n) is 6.08. The Balaban J connectivity index is 3.75. The van der Waals surface area contributed by atoms with E-state index in [1.165, 1.54) is 32.0 Å². The lowest BCUT2D eigenvalue weighted by Gasteiger charge is -2.34. The zero-order valence-corrected chi connectivity index (χ0v) is 19.5. The lowest BCUT2D eigenvalue weighted by Crippen LogP contribution is -2.34. The summed E-state index contributed by atoms with van der Waals surface area (Å²) >= 11 is 59.8. The van der Waals surface area contributed by atoms with Crippen LogP contribution in [0.5, 0.6) is 0 Å². The Morgan fingerprint density at radius 2 is 1.08 bits per heavy atom. The maximum Gasteiger partial charge on any atom is 0.227 e. The van der Waals surface area contributed by atoms with Crippen LogP contribution in [0.2, 0.25) is 0 Å². The molecule has 0 heterocycles. The lowest BCUT2D eigenvalue weighted by atomic mass is 9.89. The summed E-state index contributed by atoms with van der Waals surface area (Å²) in [5, 5.41) is 12.5. The molecule has 0 bridgehead atoms. The smallest absolute Gasteiger partial charge is 0.225 e. The van der Waals surface area contributed by atoms with Gasteiger partial charge in [0.05, 0.1) is 0 Å². The predicted molar refractivity (Wildman–Crippen MR) is 108 cm³/mol. The first-order valence-corrected chi connectivity index (χ1v) is 9.86. The van der Waals surface area contributed by atoms with Gasteiger partial charge in [0.25, 0.3) is 0 Å². The number of halogens is 10. The predicted octanol–water partition coefficient (Wildman–Crippen LogP) is 8.35. The Morgan fingerprint density at radius 3 is 1.42 bits per heavy atom. The highest BCUT2D eigenvalue weighted by molar-refractivity contribution is 6.76. The van der Waals surface area contributed by atoms with Crippen molar-refractivity contribution in [2.75, 3.05) is 0 Å². The standard InChI is InChI=1S/C13H9Cl10O/c1-9(2,24)7-4-3-6(10(14,15)12(18,19)20)5-8(7)11(16,17)13(21,22)23/h3-5H,1-2H3. The molecule has 0 spiro atoms. The molecule has 0 unspecified atom stereocenters. The molecule has 1 aromatic rings. The molecule has 24 heavy (non-hydrogen) atoms. The molecular formula is C13H9Cl10O. The molecule has 1 radical (unpaired) electrons. The van der Waals surface area contributed by atoms with E-state index in [-0.39, 0.29) is 16.7 Å². The van der Waals surface area contributed by atoms with Crippen molar-refractivity contribution in [1.29, 1.82) is 0 Å². The van der Waals surface area contributed by atoms with Crippen molar-refractivity contribution in [3.8, 4) is 0 Å². The molecule has 0 amide bonds. The third-order valence-corrected chi connectivity index (χ3v) is 7.92. The fraction of sp³-hybridized carbons (Fsp3) is 0.538. The van der Waals surface area contributed by atoms with E-state index in [0.29, 0.717) is 0 Å². The van der Waals surface area contributed by atoms with Crippen LogP contribution in [0.25, 0.3) is 0 Å². The Morgan fingerprint density at radius 1 is 0.667 bits per heavy atom. The molecule has 1 aromatic carbocycles. The molecule has 1 rings (SSSR count). The second kappa shape index (κ2) is 7.48. The minimum atomic E-state index is -2.17. The molecule has 0 aliphatic rings. The van der Waals surface area contributed by atoms with Gasteiger partial charge in [0, 0.05) is 0 Å². The monoisotopic (exact) mass is 531 g/mol. The van der Waals surface area contributed by atoms with Crippen molar-refractivity contribution in [3.05, 3.63) is 34.9 Å². The zero-order chi connectivity index (χ0) is 19.4. The van der Waals surface area contributed by atoms with E-state index in [1.54, 1.807) is 0 Å². The average Bonchev–Trinajstić information content (AvgIpc) is 2.34. The van der Waals surface area contributed by atoms with Crippen molar-refractivity contribution in [2.24, 2.45) is 0 Å². The highest BCUT2D eigenvalue weighted by Gasteiger charge is 2.52. The summed E-state index contributed by atoms with van der Waals surface area (Å²) in [6, 6.07) is 4.07. The van der Waals surface area contributed by atoms with Gasteiger partial charge < -0.3 is 0 Å². The molecule has 0 aromatic heterocycles. The van der Waals surface area contributed by atoms with Crippen molar-refractivity contribution in [2.45, 2.75) is 35.7 Å². The third kappa shape index (κ3) is 4.92. The van der Waals surface area contributed by atoms with Crippen LogP contribution in [0.3, 0.4) is 0 Å². The van der Waals surface area contributed by atoms with Gasteiger partial charge in [0.1, 0.15) is 5.60 Å². The van der Waals surface area contributed by atoms with Gasteiger partial charge in [-0.15, -0.1) is 0 Å². The molecule has 0 fully saturated rings. The minimum absolute atomic E-state index is 0.0109. The summed E-state index contributed by atoms with van der Waals surface area (Å²) in [7, 11) is 0. The lowest BCUT2D eigenvalue weighted by molar-refractivity contribution is -0.00104. The van der Waals surface area contributed by atoms with Crippen LogP contribution in [-0.2, 0) is 19.4 Å². The number of rotatable bonds is 3. The zero-order valence-electron chi connectivity index (χ0n) is 11.9. The van der Waals surface area contributed by atoms with Gasteiger partial charge in [-0.25, -0.2) is 5.11 Å². The van der Waals surface area contributed by atoms with Gasteiger partial charge >= 0.3 is 0 Å². The van der Waals surface area contributed by atoms with Crippen molar-refractivity contribution >= 4 is 116 Å². The number of hydrogen-bond acceptors (Lipinski definition) is 0. The summed E-state index contributed by atoms with van der Waals surface area (Å²) in [6.45, 7) is 2.77. The topological polar surface area (TPSA) is 19.9 Å². The molecule has 1 nitrogen and oxygen atoms in total. The van der Waals surface area contributed by atoms with Gasteiger partial charge in [-0.1, -0.05) is 128 Å². The van der Waals surface area contributed by atoms with Crippen LogP contribution in [0, 0.1) is 0 Å². The van der Waals surface area contributed by atoms with Gasteiger partial charge in [-0.3, -0.25) is 0 Å². The maximum absolute atomic E-state index is 12.5. The van der Waals surface area contributed by atoms with Gasteiger partial charge in [0.2, 0.25) is 7.59 Å². The second-order valence-electron chi connectivity index (χ2n) is 5.41. The van der Waals surface area contributed by atoms with E-state index in [9.17, 15) is 5.11 Å².